The standard InChI is InChI=1S/C19H22N2O5S/c1-13(2)12-20-27(24,25)15-8-6-7-14(11-15)18(22)21-17-10-5-4-9-16(17)19(23)26-3/h4-11,13,20H,12H2,1-3H3,(H,21,22). The fourth-order valence-corrected chi connectivity index (χ4v) is 3.50. The number of benzene rings is 2. The monoisotopic (exact) mass is 390 g/mol. The molecule has 0 atom stereocenters. The molecule has 0 saturated heterocycles. The van der Waals surface area contributed by atoms with E-state index in [4.69, 9.17) is 4.74 Å². The van der Waals surface area contributed by atoms with Crippen LogP contribution in [0.1, 0.15) is 34.6 Å². The van der Waals surface area contributed by atoms with Gasteiger partial charge in [-0.05, 0) is 36.2 Å². The van der Waals surface area contributed by atoms with Crippen molar-refractivity contribution in [2.75, 3.05) is 19.0 Å². The van der Waals surface area contributed by atoms with E-state index in [1.807, 2.05) is 13.8 Å². The zero-order valence-corrected chi connectivity index (χ0v) is 16.2. The van der Waals surface area contributed by atoms with Crippen molar-refractivity contribution in [3.63, 3.8) is 0 Å². The number of esters is 1. The Morgan fingerprint density at radius 2 is 1.78 bits per heavy atom. The zero-order chi connectivity index (χ0) is 20.0. The van der Waals surface area contributed by atoms with Gasteiger partial charge in [-0.3, -0.25) is 4.79 Å². The summed E-state index contributed by atoms with van der Waals surface area (Å²) in [5.74, 6) is -0.964. The average molecular weight is 390 g/mol. The molecule has 2 rings (SSSR count). The van der Waals surface area contributed by atoms with Crippen LogP contribution in [-0.4, -0.2) is 33.9 Å². The first-order valence-corrected chi connectivity index (χ1v) is 9.81. The summed E-state index contributed by atoms with van der Waals surface area (Å²) in [4.78, 5) is 24.3. The highest BCUT2D eigenvalue weighted by Gasteiger charge is 2.18. The van der Waals surface area contributed by atoms with Gasteiger partial charge in [-0.1, -0.05) is 32.0 Å². The van der Waals surface area contributed by atoms with Gasteiger partial charge >= 0.3 is 5.97 Å². The lowest BCUT2D eigenvalue weighted by Gasteiger charge is -2.11. The molecule has 2 aromatic rings. The fraction of sp³-hybridized carbons (Fsp3) is 0.263. The van der Waals surface area contributed by atoms with Crippen LogP contribution in [0.2, 0.25) is 0 Å². The molecule has 0 spiro atoms. The Bertz CT molecular complexity index is 939. The largest absolute Gasteiger partial charge is 0.465 e. The first kappa shape index (κ1) is 20.6. The average Bonchev–Trinajstić information content (AvgIpc) is 2.66. The topological polar surface area (TPSA) is 102 Å². The molecule has 1 amide bonds. The van der Waals surface area contributed by atoms with Crippen LogP contribution in [0.4, 0.5) is 5.69 Å². The Morgan fingerprint density at radius 1 is 1.07 bits per heavy atom. The third-order valence-electron chi connectivity index (χ3n) is 3.67. The van der Waals surface area contributed by atoms with Gasteiger partial charge in [-0.25, -0.2) is 17.9 Å². The minimum absolute atomic E-state index is 0.00273. The number of anilines is 1. The molecule has 0 saturated carbocycles. The summed E-state index contributed by atoms with van der Waals surface area (Å²) in [5.41, 5.74) is 0.637. The SMILES string of the molecule is COC(=O)c1ccccc1NC(=O)c1cccc(S(=O)(=O)NCC(C)C)c1. The summed E-state index contributed by atoms with van der Waals surface area (Å²) in [6, 6.07) is 12.1. The second-order valence-corrected chi connectivity index (χ2v) is 8.03. The Morgan fingerprint density at radius 3 is 2.44 bits per heavy atom. The molecule has 2 N–H and O–H groups in total. The highest BCUT2D eigenvalue weighted by Crippen LogP contribution is 2.18. The summed E-state index contributed by atoms with van der Waals surface area (Å²) >= 11 is 0. The van der Waals surface area contributed by atoms with E-state index in [0.29, 0.717) is 6.54 Å². The number of hydrogen-bond acceptors (Lipinski definition) is 5. The first-order valence-electron chi connectivity index (χ1n) is 8.33. The van der Waals surface area contributed by atoms with Crippen molar-refractivity contribution in [2.24, 2.45) is 5.92 Å². The fourth-order valence-electron chi connectivity index (χ4n) is 2.24. The van der Waals surface area contributed by atoms with Crippen molar-refractivity contribution in [3.05, 3.63) is 59.7 Å². The smallest absolute Gasteiger partial charge is 0.339 e. The van der Waals surface area contributed by atoms with E-state index in [-0.39, 0.29) is 27.6 Å². The maximum atomic E-state index is 12.5. The molecule has 0 radical (unpaired) electrons. The Labute approximate surface area is 158 Å². The van der Waals surface area contributed by atoms with Crippen molar-refractivity contribution < 1.29 is 22.7 Å². The van der Waals surface area contributed by atoms with Gasteiger partial charge in [0.15, 0.2) is 0 Å². The summed E-state index contributed by atoms with van der Waals surface area (Å²) in [5, 5.41) is 2.62. The molecular formula is C19H22N2O5S. The number of para-hydroxylation sites is 1. The summed E-state index contributed by atoms with van der Waals surface area (Å²) < 4.78 is 31.9. The zero-order valence-electron chi connectivity index (χ0n) is 15.4. The van der Waals surface area contributed by atoms with Gasteiger partial charge in [0.25, 0.3) is 5.91 Å². The number of amides is 1. The normalized spacial score (nSPS) is 11.3. The lowest BCUT2D eigenvalue weighted by Crippen LogP contribution is -2.27. The molecule has 0 aliphatic rings. The summed E-state index contributed by atoms with van der Waals surface area (Å²) in [7, 11) is -2.46. The van der Waals surface area contributed by atoms with Gasteiger partial charge in [-0.2, -0.15) is 0 Å². The Balaban J connectivity index is 2.25. The maximum Gasteiger partial charge on any atom is 0.339 e. The van der Waals surface area contributed by atoms with Crippen molar-refractivity contribution in [1.29, 1.82) is 0 Å². The second kappa shape index (κ2) is 8.79. The number of rotatable bonds is 7. The molecule has 8 heteroatoms. The quantitative estimate of drug-likeness (QED) is 0.708. The van der Waals surface area contributed by atoms with Gasteiger partial charge in [0.1, 0.15) is 0 Å². The van der Waals surface area contributed by atoms with Crippen LogP contribution in [-0.2, 0) is 14.8 Å². The number of sulfonamides is 1. The maximum absolute atomic E-state index is 12.5. The van der Waals surface area contributed by atoms with Crippen molar-refractivity contribution in [1.82, 2.24) is 4.72 Å². The van der Waals surface area contributed by atoms with Gasteiger partial charge in [0.2, 0.25) is 10.0 Å². The van der Waals surface area contributed by atoms with E-state index >= 15 is 0 Å². The number of carbonyl (C=O) groups excluding carboxylic acids is 2. The Kier molecular flexibility index (Phi) is 6.70. The van der Waals surface area contributed by atoms with Gasteiger partial charge in [0.05, 0.1) is 23.3 Å². The lowest BCUT2D eigenvalue weighted by molar-refractivity contribution is 0.0602. The number of ether oxygens (including phenoxy) is 1. The predicted octanol–water partition coefficient (Wildman–Crippen LogP) is 2.66. The minimum atomic E-state index is -3.71. The summed E-state index contributed by atoms with van der Waals surface area (Å²) in [6.07, 6.45) is 0. The Hall–Kier alpha value is -2.71. The highest BCUT2D eigenvalue weighted by atomic mass is 32.2. The van der Waals surface area contributed by atoms with Crippen LogP contribution in [0.3, 0.4) is 0 Å². The van der Waals surface area contributed by atoms with E-state index < -0.39 is 21.9 Å². The van der Waals surface area contributed by atoms with Crippen LogP contribution in [0, 0.1) is 5.92 Å². The third-order valence-corrected chi connectivity index (χ3v) is 5.09. The molecule has 0 heterocycles. The molecule has 0 aliphatic heterocycles. The third kappa shape index (κ3) is 5.38. The van der Waals surface area contributed by atoms with E-state index in [0.717, 1.165) is 0 Å². The van der Waals surface area contributed by atoms with Crippen LogP contribution < -0.4 is 10.0 Å². The molecule has 0 aromatic heterocycles. The van der Waals surface area contributed by atoms with E-state index in [1.54, 1.807) is 18.2 Å². The summed E-state index contributed by atoms with van der Waals surface area (Å²) in [6.45, 7) is 4.08. The van der Waals surface area contributed by atoms with Gasteiger partial charge in [-0.15, -0.1) is 0 Å². The number of methoxy groups -OCH3 is 1. The van der Waals surface area contributed by atoms with Crippen LogP contribution in [0.25, 0.3) is 0 Å². The van der Waals surface area contributed by atoms with Crippen LogP contribution in [0.15, 0.2) is 53.4 Å². The molecule has 27 heavy (non-hydrogen) atoms. The van der Waals surface area contributed by atoms with E-state index in [1.165, 1.54) is 37.4 Å². The second-order valence-electron chi connectivity index (χ2n) is 6.26. The molecule has 0 bridgehead atoms. The van der Waals surface area contributed by atoms with Gasteiger partial charge in [0, 0.05) is 12.1 Å². The molecule has 144 valence electrons. The van der Waals surface area contributed by atoms with Crippen molar-refractivity contribution in [3.8, 4) is 0 Å². The number of hydrogen-bond donors (Lipinski definition) is 2. The highest BCUT2D eigenvalue weighted by molar-refractivity contribution is 7.89. The van der Waals surface area contributed by atoms with Crippen LogP contribution in [0.5, 0.6) is 0 Å². The number of nitrogens with one attached hydrogen (secondary N) is 2. The lowest BCUT2D eigenvalue weighted by atomic mass is 10.1. The first-order chi connectivity index (χ1) is 12.7. The predicted molar refractivity (Wildman–Crippen MR) is 102 cm³/mol. The van der Waals surface area contributed by atoms with Gasteiger partial charge < -0.3 is 10.1 Å². The van der Waals surface area contributed by atoms with Crippen LogP contribution >= 0.6 is 0 Å². The van der Waals surface area contributed by atoms with E-state index in [9.17, 15) is 18.0 Å². The minimum Gasteiger partial charge on any atom is -0.465 e. The van der Waals surface area contributed by atoms with Crippen molar-refractivity contribution >= 4 is 27.6 Å². The molecule has 0 fully saturated rings. The number of carbonyl (C=O) groups is 2. The molecule has 0 aliphatic carbocycles. The molecule has 0 unspecified atom stereocenters. The van der Waals surface area contributed by atoms with Crippen molar-refractivity contribution in [2.45, 2.75) is 18.7 Å². The van der Waals surface area contributed by atoms with E-state index in [2.05, 4.69) is 10.0 Å². The molecule has 7 nitrogen and oxygen atoms in total. The molecular weight excluding hydrogens is 368 g/mol. The molecule has 2 aromatic carbocycles.